The number of amides is 2. The molecule has 11 nitrogen and oxygen atoms in total. The first-order valence-electron chi connectivity index (χ1n) is 9.46. The molecule has 0 aliphatic rings. The summed E-state index contributed by atoms with van der Waals surface area (Å²) in [6.07, 6.45) is 1.02. The monoisotopic (exact) mass is 415 g/mol. The van der Waals surface area contributed by atoms with Crippen LogP contribution in [0.1, 0.15) is 53.4 Å². The zero-order chi connectivity index (χ0) is 22.8. The molecule has 0 bridgehead atoms. The fourth-order valence-corrected chi connectivity index (χ4v) is 2.67. The highest BCUT2D eigenvalue weighted by Crippen LogP contribution is 2.30. The van der Waals surface area contributed by atoms with Crippen molar-refractivity contribution in [2.24, 2.45) is 27.8 Å². The van der Waals surface area contributed by atoms with Gasteiger partial charge in [-0.3, -0.25) is 19.4 Å². The Morgan fingerprint density at radius 1 is 1.07 bits per heavy atom. The van der Waals surface area contributed by atoms with Crippen molar-refractivity contribution in [1.29, 1.82) is 0 Å². The molecular formula is C18H33N5O6. The fraction of sp³-hybridized carbons (Fsp3) is 0.722. The standard InChI is InChI=1S/C18H33N5O6/c1-5-18(4,16(29)22-11(3)14(25)26)9-10(2)13(24)23-12(15(27)28)7-6-8-21-17(19)20/h10-12H,5-9H2,1-4H3,(H,22,29)(H,23,24)(H,25,26)(H,27,28)(H4,19,20,21). The minimum absolute atomic E-state index is 0.0936. The molecule has 0 aliphatic carbocycles. The van der Waals surface area contributed by atoms with Crippen molar-refractivity contribution in [3.63, 3.8) is 0 Å². The SMILES string of the molecule is CCC(C)(CC(C)C(=O)NC(CCCN=C(N)N)C(=O)O)C(=O)NC(C)C(=O)O. The lowest BCUT2D eigenvalue weighted by Gasteiger charge is -2.30. The maximum Gasteiger partial charge on any atom is 0.326 e. The molecule has 0 spiro atoms. The number of carboxylic acids is 2. The Morgan fingerprint density at radius 3 is 2.10 bits per heavy atom. The van der Waals surface area contributed by atoms with Crippen molar-refractivity contribution in [3.8, 4) is 0 Å². The molecule has 0 aliphatic heterocycles. The predicted molar refractivity (Wildman–Crippen MR) is 107 cm³/mol. The van der Waals surface area contributed by atoms with E-state index in [9.17, 15) is 24.3 Å². The summed E-state index contributed by atoms with van der Waals surface area (Å²) in [7, 11) is 0. The van der Waals surface area contributed by atoms with Crippen molar-refractivity contribution in [3.05, 3.63) is 0 Å². The number of nitrogens with zero attached hydrogens (tertiary/aromatic N) is 1. The maximum atomic E-state index is 12.5. The first-order valence-corrected chi connectivity index (χ1v) is 9.46. The van der Waals surface area contributed by atoms with E-state index >= 15 is 0 Å². The van der Waals surface area contributed by atoms with Gasteiger partial charge in [-0.15, -0.1) is 0 Å². The molecule has 29 heavy (non-hydrogen) atoms. The maximum absolute atomic E-state index is 12.5. The van der Waals surface area contributed by atoms with Crippen LogP contribution >= 0.6 is 0 Å². The largest absolute Gasteiger partial charge is 0.480 e. The molecule has 0 rings (SSSR count). The average Bonchev–Trinajstić information content (AvgIpc) is 2.62. The van der Waals surface area contributed by atoms with Crippen LogP contribution in [0.3, 0.4) is 0 Å². The van der Waals surface area contributed by atoms with E-state index in [4.69, 9.17) is 16.6 Å². The number of carboxylic acid groups (broad SMARTS) is 2. The predicted octanol–water partition coefficient (Wildman–Crippen LogP) is -0.359. The second kappa shape index (κ2) is 11.9. The Morgan fingerprint density at radius 2 is 1.66 bits per heavy atom. The van der Waals surface area contributed by atoms with Crippen molar-refractivity contribution < 1.29 is 29.4 Å². The van der Waals surface area contributed by atoms with Crippen molar-refractivity contribution in [1.82, 2.24) is 10.6 Å². The van der Waals surface area contributed by atoms with Crippen LogP contribution in [0.4, 0.5) is 0 Å². The third-order valence-corrected chi connectivity index (χ3v) is 4.81. The number of aliphatic imine (C=N–C) groups is 1. The number of nitrogens with one attached hydrogen (secondary N) is 2. The lowest BCUT2D eigenvalue weighted by Crippen LogP contribution is -2.48. The summed E-state index contributed by atoms with van der Waals surface area (Å²) in [5.41, 5.74) is 9.44. The van der Waals surface area contributed by atoms with Crippen LogP contribution in [0.15, 0.2) is 4.99 Å². The lowest BCUT2D eigenvalue weighted by atomic mass is 9.78. The van der Waals surface area contributed by atoms with Gasteiger partial charge >= 0.3 is 11.9 Å². The number of aliphatic carboxylic acids is 2. The molecule has 0 fully saturated rings. The first-order chi connectivity index (χ1) is 13.3. The third kappa shape index (κ3) is 9.26. The van der Waals surface area contributed by atoms with E-state index in [1.165, 1.54) is 6.92 Å². The molecule has 166 valence electrons. The molecule has 0 radical (unpaired) electrons. The number of hydrogen-bond acceptors (Lipinski definition) is 5. The second-order valence-electron chi connectivity index (χ2n) is 7.40. The van der Waals surface area contributed by atoms with Crippen molar-refractivity contribution in [2.45, 2.75) is 65.5 Å². The van der Waals surface area contributed by atoms with E-state index in [0.717, 1.165) is 0 Å². The molecule has 0 aromatic heterocycles. The van der Waals surface area contributed by atoms with Gasteiger partial charge in [0.15, 0.2) is 5.96 Å². The first kappa shape index (κ1) is 26.1. The van der Waals surface area contributed by atoms with Crippen LogP contribution in [0.25, 0.3) is 0 Å². The quantitative estimate of drug-likeness (QED) is 0.133. The van der Waals surface area contributed by atoms with Crippen molar-refractivity contribution >= 4 is 29.7 Å². The topological polar surface area (TPSA) is 197 Å². The summed E-state index contributed by atoms with van der Waals surface area (Å²) in [6.45, 7) is 6.60. The summed E-state index contributed by atoms with van der Waals surface area (Å²) in [5, 5.41) is 23.2. The highest BCUT2D eigenvalue weighted by molar-refractivity contribution is 5.88. The zero-order valence-electron chi connectivity index (χ0n) is 17.4. The Bertz CT molecular complexity index is 634. The van der Waals surface area contributed by atoms with E-state index in [2.05, 4.69) is 15.6 Å². The van der Waals surface area contributed by atoms with E-state index in [0.29, 0.717) is 12.8 Å². The fourth-order valence-electron chi connectivity index (χ4n) is 2.67. The van der Waals surface area contributed by atoms with Gasteiger partial charge in [0.2, 0.25) is 11.8 Å². The molecule has 0 saturated carbocycles. The van der Waals surface area contributed by atoms with Gasteiger partial charge in [0, 0.05) is 17.9 Å². The van der Waals surface area contributed by atoms with Gasteiger partial charge in [-0.05, 0) is 32.6 Å². The van der Waals surface area contributed by atoms with Gasteiger partial charge < -0.3 is 32.3 Å². The molecule has 0 saturated heterocycles. The molecule has 0 heterocycles. The van der Waals surface area contributed by atoms with Crippen LogP contribution in [-0.2, 0) is 19.2 Å². The number of nitrogens with two attached hydrogens (primary N) is 2. The van der Waals surface area contributed by atoms with Gasteiger partial charge in [0.1, 0.15) is 12.1 Å². The summed E-state index contributed by atoms with van der Waals surface area (Å²) < 4.78 is 0. The van der Waals surface area contributed by atoms with Crippen molar-refractivity contribution in [2.75, 3.05) is 6.54 Å². The van der Waals surface area contributed by atoms with E-state index in [1.807, 2.05) is 0 Å². The Kier molecular flexibility index (Phi) is 10.7. The van der Waals surface area contributed by atoms with Gasteiger partial charge in [-0.25, -0.2) is 4.79 Å². The van der Waals surface area contributed by atoms with E-state index < -0.39 is 47.2 Å². The molecular weight excluding hydrogens is 382 g/mol. The van der Waals surface area contributed by atoms with E-state index in [-0.39, 0.29) is 25.3 Å². The minimum Gasteiger partial charge on any atom is -0.480 e. The molecule has 0 aromatic carbocycles. The Labute approximate surface area is 170 Å². The van der Waals surface area contributed by atoms with Gasteiger partial charge in [0.25, 0.3) is 0 Å². The van der Waals surface area contributed by atoms with Gasteiger partial charge in [-0.2, -0.15) is 0 Å². The van der Waals surface area contributed by atoms with Gasteiger partial charge in [0.05, 0.1) is 0 Å². The number of hydrogen-bond donors (Lipinski definition) is 6. The molecule has 2 amide bonds. The number of rotatable bonds is 13. The number of guanidine groups is 1. The average molecular weight is 415 g/mol. The number of carbonyl (C=O) groups excluding carboxylic acids is 2. The summed E-state index contributed by atoms with van der Waals surface area (Å²) in [5.74, 6) is -4.07. The van der Waals surface area contributed by atoms with Crippen LogP contribution in [0, 0.1) is 11.3 Å². The molecule has 4 unspecified atom stereocenters. The summed E-state index contributed by atoms with van der Waals surface area (Å²) >= 11 is 0. The summed E-state index contributed by atoms with van der Waals surface area (Å²) in [4.78, 5) is 51.1. The Hall–Kier alpha value is -2.85. The lowest BCUT2D eigenvalue weighted by molar-refractivity contribution is -0.144. The molecule has 0 aromatic rings. The normalized spacial score (nSPS) is 15.9. The highest BCUT2D eigenvalue weighted by atomic mass is 16.4. The zero-order valence-corrected chi connectivity index (χ0v) is 17.4. The second-order valence-corrected chi connectivity index (χ2v) is 7.40. The van der Waals surface area contributed by atoms with Crippen LogP contribution < -0.4 is 22.1 Å². The number of carbonyl (C=O) groups is 4. The molecule has 8 N–H and O–H groups in total. The highest BCUT2D eigenvalue weighted by Gasteiger charge is 2.36. The molecule has 4 atom stereocenters. The third-order valence-electron chi connectivity index (χ3n) is 4.81. The van der Waals surface area contributed by atoms with Crippen LogP contribution in [0.5, 0.6) is 0 Å². The smallest absolute Gasteiger partial charge is 0.326 e. The van der Waals surface area contributed by atoms with E-state index in [1.54, 1.807) is 20.8 Å². The van der Waals surface area contributed by atoms with Crippen LogP contribution in [-0.4, -0.2) is 58.6 Å². The summed E-state index contributed by atoms with van der Waals surface area (Å²) in [6, 6.07) is -2.16. The van der Waals surface area contributed by atoms with Gasteiger partial charge in [-0.1, -0.05) is 20.8 Å². The Balaban J connectivity index is 4.95. The van der Waals surface area contributed by atoms with Crippen LogP contribution in [0.2, 0.25) is 0 Å². The minimum atomic E-state index is -1.18. The molecule has 11 heteroatoms.